The van der Waals surface area contributed by atoms with Crippen molar-refractivity contribution in [3.05, 3.63) is 170 Å². The van der Waals surface area contributed by atoms with Gasteiger partial charge in [-0.3, -0.25) is 9.59 Å². The molecule has 0 aliphatic heterocycles. The van der Waals surface area contributed by atoms with Crippen molar-refractivity contribution in [2.75, 3.05) is 0 Å². The van der Waals surface area contributed by atoms with E-state index < -0.39 is 195 Å². The molecule has 0 saturated heterocycles. The molecule has 6 aromatic rings. The molecular formula is C45H24BF24NO2S. The smallest absolute Gasteiger partial charge is 0.294 e. The molecular weight excluding hydrogens is 1090 g/mol. The summed E-state index contributed by atoms with van der Waals surface area (Å²) in [6, 6.07) is -1.88. The maximum atomic E-state index is 14.2. The number of nitrogens with zero attached hydrogens (tertiary/aromatic N) is 1. The highest BCUT2D eigenvalue weighted by Gasteiger charge is 2.47. The van der Waals surface area contributed by atoms with Crippen LogP contribution in [0.3, 0.4) is 0 Å². The lowest BCUT2D eigenvalue weighted by Gasteiger charge is -2.46. The van der Waals surface area contributed by atoms with Crippen molar-refractivity contribution in [3.63, 3.8) is 0 Å². The van der Waals surface area contributed by atoms with Gasteiger partial charge in [0.1, 0.15) is 6.15 Å². The van der Waals surface area contributed by atoms with E-state index in [-0.39, 0.29) is 18.1 Å². The van der Waals surface area contributed by atoms with Crippen LogP contribution in [0.2, 0.25) is 0 Å². The van der Waals surface area contributed by atoms with E-state index in [1.54, 1.807) is 24.3 Å². The minimum atomic E-state index is -6.13. The first kappa shape index (κ1) is 58.3. The first-order chi connectivity index (χ1) is 33.4. The molecule has 6 rings (SSSR count). The minimum absolute atomic E-state index is 0.0424. The van der Waals surface area contributed by atoms with Crippen molar-refractivity contribution in [1.29, 1.82) is 0 Å². The van der Waals surface area contributed by atoms with Crippen LogP contribution in [0.15, 0.2) is 114 Å². The molecule has 0 amide bonds. The third kappa shape index (κ3) is 13.2. The predicted octanol–water partition coefficient (Wildman–Crippen LogP) is 13.3. The van der Waals surface area contributed by atoms with Crippen molar-refractivity contribution < 1.29 is 120 Å². The van der Waals surface area contributed by atoms with Gasteiger partial charge in [0.15, 0.2) is 12.0 Å². The topological polar surface area (TPSA) is 38.0 Å². The van der Waals surface area contributed by atoms with Crippen molar-refractivity contribution in [3.8, 4) is 0 Å². The second-order valence-corrected chi connectivity index (χ2v) is 16.7. The summed E-state index contributed by atoms with van der Waals surface area (Å²) in [4.78, 5) is 23.5. The number of hydrogen-bond acceptors (Lipinski definition) is 3. The number of thiazole rings is 1. The summed E-state index contributed by atoms with van der Waals surface area (Å²) in [7, 11) is 0. The number of hydrogen-bond donors (Lipinski definition) is 0. The summed E-state index contributed by atoms with van der Waals surface area (Å²) >= 11 is 1.53. The van der Waals surface area contributed by atoms with E-state index in [0.717, 1.165) is 0 Å². The van der Waals surface area contributed by atoms with E-state index in [4.69, 9.17) is 0 Å². The number of Topliss-reactive ketones (excluding diaryl/α,β-unsaturated/α-hetero) is 2. The van der Waals surface area contributed by atoms with Crippen LogP contribution in [-0.2, 0) is 56.0 Å². The van der Waals surface area contributed by atoms with E-state index in [0.29, 0.717) is 11.1 Å². The van der Waals surface area contributed by atoms with Crippen molar-refractivity contribution in [1.82, 2.24) is 0 Å². The monoisotopic (exact) mass is 1110 g/mol. The Morgan fingerprint density at radius 1 is 0.405 bits per heavy atom. The number of aromatic nitrogens is 1. The second-order valence-electron chi connectivity index (χ2n) is 15.9. The number of halogens is 24. The van der Waals surface area contributed by atoms with E-state index >= 15 is 0 Å². The Balaban J connectivity index is 0.000000500. The lowest BCUT2D eigenvalue weighted by atomic mass is 9.12. The number of ketones is 2. The largest absolute Gasteiger partial charge is 0.416 e. The lowest BCUT2D eigenvalue weighted by molar-refractivity contribution is -0.678. The van der Waals surface area contributed by atoms with Crippen molar-refractivity contribution in [2.24, 2.45) is 0 Å². The Labute approximate surface area is 402 Å². The van der Waals surface area contributed by atoms with Crippen LogP contribution in [0.1, 0.15) is 72.1 Å². The van der Waals surface area contributed by atoms with Gasteiger partial charge < -0.3 is 0 Å². The molecule has 5 aromatic carbocycles. The van der Waals surface area contributed by atoms with Gasteiger partial charge >= 0.3 is 49.4 Å². The van der Waals surface area contributed by atoms with Gasteiger partial charge in [-0.1, -0.05) is 84.1 Å². The van der Waals surface area contributed by atoms with Gasteiger partial charge in [-0.2, -0.15) is 132 Å². The Morgan fingerprint density at radius 3 is 0.851 bits per heavy atom. The lowest BCUT2D eigenvalue weighted by Crippen LogP contribution is -2.75. The third-order valence-electron chi connectivity index (χ3n) is 10.9. The van der Waals surface area contributed by atoms with E-state index in [1.165, 1.54) is 18.3 Å². The van der Waals surface area contributed by atoms with Crippen LogP contribution in [0.5, 0.6) is 0 Å². The van der Waals surface area contributed by atoms with Gasteiger partial charge in [-0.25, -0.2) is 0 Å². The molecule has 1 aromatic heterocycles. The molecule has 0 saturated carbocycles. The molecule has 0 radical (unpaired) electrons. The van der Waals surface area contributed by atoms with Crippen LogP contribution in [-0.4, -0.2) is 17.7 Å². The summed E-state index contributed by atoms with van der Waals surface area (Å²) in [5.74, 6) is -0.122. The summed E-state index contributed by atoms with van der Waals surface area (Å²) in [6.45, 7) is 1.75. The standard InChI is InChI=1S/C32H12BF24.C13H12NO2S/c34-25(35,36)13-1-14(26(37,38)39)6-21(5-13)33(22-7-15(27(40,41)42)2-16(8-22)28(43,44)45,23-9-17(29(46,47)48)3-18(10-23)30(49,50)51)24-11-19(31(52,53)54)4-20(12-24)32(55,56)57;1-10(15)11-4-2-3-5-12(11)13(16)8-14-6-7-17-9-14/h1-12H;2-7,9H,8H2,1H3/q-1;+1. The fourth-order valence-corrected chi connectivity index (χ4v) is 8.30. The summed E-state index contributed by atoms with van der Waals surface area (Å²) in [5, 5.41) is 1.91. The Kier molecular flexibility index (Phi) is 15.7. The highest BCUT2D eigenvalue weighted by Crippen LogP contribution is 2.41. The number of rotatable bonds is 8. The average Bonchev–Trinajstić information content (AvgIpc) is 3.77. The maximum Gasteiger partial charge on any atom is 0.416 e. The molecule has 0 N–H and O–H groups in total. The van der Waals surface area contributed by atoms with E-state index in [9.17, 15) is 115 Å². The van der Waals surface area contributed by atoms with Crippen LogP contribution in [0.4, 0.5) is 105 Å². The van der Waals surface area contributed by atoms with Crippen LogP contribution < -0.4 is 26.4 Å². The van der Waals surface area contributed by atoms with Crippen molar-refractivity contribution in [2.45, 2.75) is 62.9 Å². The molecule has 0 unspecified atom stereocenters. The van der Waals surface area contributed by atoms with Gasteiger partial charge in [-0.15, -0.1) is 0 Å². The van der Waals surface area contributed by atoms with Gasteiger partial charge in [0, 0.05) is 11.1 Å². The first-order valence-electron chi connectivity index (χ1n) is 19.8. The maximum absolute atomic E-state index is 14.2. The molecule has 0 fully saturated rings. The SMILES string of the molecule is CC(=O)c1ccccc1C(=O)C[n+]1ccsc1.FC(F)(F)c1cc([B-](c2cc(C(F)(F)F)cc(C(F)(F)F)c2)(c2cc(C(F)(F)F)cc(C(F)(F)F)c2)c2cc(C(F)(F)F)cc(C(F)(F)F)c2)cc(C(F)(F)F)c1. The molecule has 0 atom stereocenters. The normalized spacial score (nSPS) is 13.4. The predicted molar refractivity (Wildman–Crippen MR) is 215 cm³/mol. The highest BCUT2D eigenvalue weighted by molar-refractivity contribution is 7.20. The molecule has 74 heavy (non-hydrogen) atoms. The highest BCUT2D eigenvalue weighted by atomic mass is 32.1. The van der Waals surface area contributed by atoms with Crippen LogP contribution in [0, 0.1) is 0 Å². The van der Waals surface area contributed by atoms with Crippen molar-refractivity contribution >= 4 is 50.9 Å². The Hall–Kier alpha value is -6.55. The van der Waals surface area contributed by atoms with Gasteiger partial charge in [0.05, 0.1) is 49.9 Å². The zero-order chi connectivity index (χ0) is 56.2. The van der Waals surface area contributed by atoms with E-state index in [1.807, 2.05) is 21.7 Å². The second kappa shape index (κ2) is 20.0. The van der Waals surface area contributed by atoms with Gasteiger partial charge in [0.25, 0.3) is 0 Å². The molecule has 0 aliphatic rings. The first-order valence-corrected chi connectivity index (χ1v) is 20.8. The molecule has 3 nitrogen and oxygen atoms in total. The van der Waals surface area contributed by atoms with Gasteiger partial charge in [-0.05, 0) is 31.2 Å². The molecule has 398 valence electrons. The fourth-order valence-electron chi connectivity index (χ4n) is 7.71. The molecule has 0 aliphatic carbocycles. The number of carbonyl (C=O) groups excluding carboxylic acids is 2. The molecule has 0 spiro atoms. The molecule has 0 bridgehead atoms. The third-order valence-corrected chi connectivity index (χ3v) is 11.6. The van der Waals surface area contributed by atoms with E-state index in [2.05, 4.69) is 0 Å². The zero-order valence-corrected chi connectivity index (χ0v) is 36.8. The Bertz CT molecular complexity index is 2590. The minimum Gasteiger partial charge on any atom is -0.294 e. The quantitative estimate of drug-likeness (QED) is 0.0659. The summed E-state index contributed by atoms with van der Waals surface area (Å²) < 4.78 is 343. The zero-order valence-electron chi connectivity index (χ0n) is 36.0. The fraction of sp³-hybridized carbons (Fsp3) is 0.222. The molecule has 29 heteroatoms. The van der Waals surface area contributed by atoms with Crippen LogP contribution >= 0.6 is 11.3 Å². The van der Waals surface area contributed by atoms with Gasteiger partial charge in [0.2, 0.25) is 17.8 Å². The van der Waals surface area contributed by atoms with Crippen LogP contribution in [0.25, 0.3) is 0 Å². The Morgan fingerprint density at radius 2 is 0.649 bits per heavy atom. The number of carbonyl (C=O) groups is 2. The molecule has 1 heterocycles. The number of alkyl halides is 24. The summed E-state index contributed by atoms with van der Waals surface area (Å²) in [5.41, 5.74) is -27.3. The number of benzene rings is 5. The summed E-state index contributed by atoms with van der Waals surface area (Å²) in [6.07, 6.45) is -53.0. The average molecular weight is 1110 g/mol.